The monoisotopic (exact) mass is 393 g/mol. The summed E-state index contributed by atoms with van der Waals surface area (Å²) in [5, 5.41) is 6.20. The van der Waals surface area contributed by atoms with Crippen molar-refractivity contribution >= 4 is 23.2 Å². The van der Waals surface area contributed by atoms with Crippen molar-refractivity contribution in [1.82, 2.24) is 5.43 Å². The molecule has 2 rings (SSSR count). The summed E-state index contributed by atoms with van der Waals surface area (Å²) in [7, 11) is 1.51. The van der Waals surface area contributed by atoms with Gasteiger partial charge >= 0.3 is 6.18 Å². The van der Waals surface area contributed by atoms with E-state index in [1.54, 1.807) is 24.3 Å². The van der Waals surface area contributed by atoms with Crippen molar-refractivity contribution < 1.29 is 27.5 Å². The van der Waals surface area contributed by atoms with E-state index in [0.717, 1.165) is 12.1 Å². The largest absolute Gasteiger partial charge is 0.497 e. The van der Waals surface area contributed by atoms with E-state index in [1.807, 2.05) is 0 Å². The molecular weight excluding hydrogens is 375 g/mol. The fourth-order valence-corrected chi connectivity index (χ4v) is 2.20. The molecule has 0 saturated heterocycles. The van der Waals surface area contributed by atoms with Crippen molar-refractivity contribution in [2.45, 2.75) is 19.5 Å². The van der Waals surface area contributed by atoms with Crippen LogP contribution in [0.2, 0.25) is 0 Å². The molecule has 9 heteroatoms. The lowest BCUT2D eigenvalue weighted by molar-refractivity contribution is -0.137. The zero-order chi connectivity index (χ0) is 20.7. The molecule has 2 aromatic rings. The number of halogens is 3. The van der Waals surface area contributed by atoms with Gasteiger partial charge in [-0.25, -0.2) is 5.43 Å². The van der Waals surface area contributed by atoms with E-state index in [1.165, 1.54) is 26.2 Å². The maximum Gasteiger partial charge on any atom is 0.416 e. The van der Waals surface area contributed by atoms with Gasteiger partial charge in [0.25, 0.3) is 5.91 Å². The Kier molecular flexibility index (Phi) is 6.75. The predicted octanol–water partition coefficient (Wildman–Crippen LogP) is 3.85. The Labute approximate surface area is 159 Å². The Morgan fingerprint density at radius 1 is 1.11 bits per heavy atom. The molecule has 0 aliphatic heterocycles. The smallest absolute Gasteiger partial charge is 0.416 e. The van der Waals surface area contributed by atoms with Crippen LogP contribution in [-0.4, -0.2) is 24.6 Å². The Balaban J connectivity index is 1.91. The zero-order valence-electron chi connectivity index (χ0n) is 15.1. The van der Waals surface area contributed by atoms with E-state index in [9.17, 15) is 22.8 Å². The first-order chi connectivity index (χ1) is 13.2. The van der Waals surface area contributed by atoms with Crippen LogP contribution in [0.5, 0.6) is 5.75 Å². The number of amides is 2. The number of hydrogen-bond acceptors (Lipinski definition) is 4. The third kappa shape index (κ3) is 6.11. The second kappa shape index (κ2) is 9.03. The molecule has 6 nitrogen and oxygen atoms in total. The number of methoxy groups -OCH3 is 1. The minimum Gasteiger partial charge on any atom is -0.497 e. The van der Waals surface area contributed by atoms with Gasteiger partial charge in [0.1, 0.15) is 5.75 Å². The molecule has 0 unspecified atom stereocenters. The molecule has 148 valence electrons. The Bertz CT molecular complexity index is 878. The first kappa shape index (κ1) is 20.9. The number of hydrazone groups is 1. The summed E-state index contributed by atoms with van der Waals surface area (Å²) in [4.78, 5) is 24.0. The molecule has 2 N–H and O–H groups in total. The van der Waals surface area contributed by atoms with Gasteiger partial charge in [0.05, 0.1) is 19.1 Å². The van der Waals surface area contributed by atoms with Gasteiger partial charge in [-0.05, 0) is 49.4 Å². The standard InChI is InChI=1S/C19H18F3N3O3/c1-12(24-25-18(27)13-6-8-16(28-2)9-7-13)10-17(26)23-15-5-3-4-14(11-15)19(20,21)22/h3-9,11H,10H2,1-2H3,(H,23,26)(H,25,27)/b24-12-. The molecule has 28 heavy (non-hydrogen) atoms. The average molecular weight is 393 g/mol. The fraction of sp³-hybridized carbons (Fsp3) is 0.211. The Hall–Kier alpha value is -3.36. The summed E-state index contributed by atoms with van der Waals surface area (Å²) in [5.74, 6) is -0.429. The van der Waals surface area contributed by atoms with Gasteiger partial charge in [0, 0.05) is 17.0 Å². The summed E-state index contributed by atoms with van der Waals surface area (Å²) in [6, 6.07) is 10.7. The first-order valence-electron chi connectivity index (χ1n) is 8.13. The van der Waals surface area contributed by atoms with E-state index >= 15 is 0 Å². The molecule has 2 amide bonds. The van der Waals surface area contributed by atoms with Crippen molar-refractivity contribution in [1.29, 1.82) is 0 Å². The van der Waals surface area contributed by atoms with Crippen LogP contribution >= 0.6 is 0 Å². The van der Waals surface area contributed by atoms with Crippen molar-refractivity contribution in [3.8, 4) is 5.75 Å². The quantitative estimate of drug-likeness (QED) is 0.578. The van der Waals surface area contributed by atoms with Crippen molar-refractivity contribution in [3.05, 3.63) is 59.7 Å². The van der Waals surface area contributed by atoms with Crippen LogP contribution in [0, 0.1) is 0 Å². The van der Waals surface area contributed by atoms with Gasteiger partial charge in [-0.15, -0.1) is 0 Å². The molecule has 2 aromatic carbocycles. The first-order valence-corrected chi connectivity index (χ1v) is 8.13. The normalized spacial score (nSPS) is 11.7. The molecule has 0 fully saturated rings. The van der Waals surface area contributed by atoms with E-state index in [4.69, 9.17) is 4.74 Å². The minimum absolute atomic E-state index is 0.0230. The summed E-state index contributed by atoms with van der Waals surface area (Å²) in [6.45, 7) is 1.51. The molecule has 0 bridgehead atoms. The van der Waals surface area contributed by atoms with Crippen LogP contribution in [0.15, 0.2) is 53.6 Å². The maximum absolute atomic E-state index is 12.7. The third-order valence-electron chi connectivity index (χ3n) is 3.59. The van der Waals surface area contributed by atoms with Gasteiger partial charge in [0.2, 0.25) is 5.91 Å². The Morgan fingerprint density at radius 3 is 2.39 bits per heavy atom. The second-order valence-electron chi connectivity index (χ2n) is 5.82. The molecule has 0 aromatic heterocycles. The maximum atomic E-state index is 12.7. The van der Waals surface area contributed by atoms with Crippen molar-refractivity contribution in [2.24, 2.45) is 5.10 Å². The number of carbonyl (C=O) groups excluding carboxylic acids is 2. The van der Waals surface area contributed by atoms with Crippen LogP contribution in [0.4, 0.5) is 18.9 Å². The molecule has 0 spiro atoms. The molecule has 0 heterocycles. The highest BCUT2D eigenvalue weighted by Crippen LogP contribution is 2.30. The van der Waals surface area contributed by atoms with Crippen molar-refractivity contribution in [3.63, 3.8) is 0 Å². The number of rotatable bonds is 6. The number of anilines is 1. The number of nitrogens with one attached hydrogen (secondary N) is 2. The highest BCUT2D eigenvalue weighted by molar-refractivity contribution is 6.06. The predicted molar refractivity (Wildman–Crippen MR) is 98.3 cm³/mol. The Morgan fingerprint density at radius 2 is 1.79 bits per heavy atom. The third-order valence-corrected chi connectivity index (χ3v) is 3.59. The summed E-state index contributed by atoms with van der Waals surface area (Å²) in [6.07, 6.45) is -4.69. The number of ether oxygens (including phenoxy) is 1. The van der Waals surface area contributed by atoms with Gasteiger partial charge in [-0.2, -0.15) is 18.3 Å². The van der Waals surface area contributed by atoms with Crippen molar-refractivity contribution in [2.75, 3.05) is 12.4 Å². The number of alkyl halides is 3. The zero-order valence-corrected chi connectivity index (χ0v) is 15.1. The molecular formula is C19H18F3N3O3. The lowest BCUT2D eigenvalue weighted by Gasteiger charge is -2.10. The van der Waals surface area contributed by atoms with Gasteiger partial charge in [-0.1, -0.05) is 6.07 Å². The molecule has 0 saturated carbocycles. The van der Waals surface area contributed by atoms with Gasteiger partial charge < -0.3 is 10.1 Å². The number of carbonyl (C=O) groups is 2. The fourth-order valence-electron chi connectivity index (χ4n) is 2.20. The highest BCUT2D eigenvalue weighted by atomic mass is 19.4. The minimum atomic E-state index is -4.50. The van der Waals surface area contributed by atoms with Crippen LogP contribution < -0.4 is 15.5 Å². The number of hydrogen-bond donors (Lipinski definition) is 2. The lowest BCUT2D eigenvalue weighted by atomic mass is 10.2. The summed E-state index contributed by atoms with van der Waals surface area (Å²) < 4.78 is 43.1. The van der Waals surface area contributed by atoms with E-state index in [-0.39, 0.29) is 17.8 Å². The van der Waals surface area contributed by atoms with Crippen LogP contribution in [-0.2, 0) is 11.0 Å². The van der Waals surface area contributed by atoms with Crippen LogP contribution in [0.3, 0.4) is 0 Å². The molecule has 0 radical (unpaired) electrons. The van der Waals surface area contributed by atoms with E-state index in [0.29, 0.717) is 11.3 Å². The molecule has 0 aliphatic rings. The topological polar surface area (TPSA) is 79.8 Å². The van der Waals surface area contributed by atoms with E-state index in [2.05, 4.69) is 15.8 Å². The second-order valence-corrected chi connectivity index (χ2v) is 5.82. The SMILES string of the molecule is COc1ccc(C(=O)N/N=C(/C)CC(=O)Nc2cccc(C(F)(F)F)c2)cc1. The van der Waals surface area contributed by atoms with E-state index < -0.39 is 23.6 Å². The molecule has 0 aliphatic carbocycles. The van der Waals surface area contributed by atoms with Crippen LogP contribution in [0.25, 0.3) is 0 Å². The number of benzene rings is 2. The summed E-state index contributed by atoms with van der Waals surface area (Å²) >= 11 is 0. The number of nitrogens with zero attached hydrogens (tertiary/aromatic N) is 1. The van der Waals surface area contributed by atoms with Crippen LogP contribution in [0.1, 0.15) is 29.3 Å². The average Bonchev–Trinajstić information content (AvgIpc) is 2.65. The highest BCUT2D eigenvalue weighted by Gasteiger charge is 2.30. The lowest BCUT2D eigenvalue weighted by Crippen LogP contribution is -2.21. The summed E-state index contributed by atoms with van der Waals surface area (Å²) in [5.41, 5.74) is 2.11. The van der Waals surface area contributed by atoms with Gasteiger partial charge in [-0.3, -0.25) is 9.59 Å². The molecule has 0 atom stereocenters. The van der Waals surface area contributed by atoms with Gasteiger partial charge in [0.15, 0.2) is 0 Å².